The molecule has 0 atom stereocenters. The summed E-state index contributed by atoms with van der Waals surface area (Å²) >= 11 is 0. The van der Waals surface area contributed by atoms with Crippen LogP contribution < -0.4 is 20.9 Å². The maximum absolute atomic E-state index is 13.3. The minimum Gasteiger partial charge on any atom is -0.490 e. The third kappa shape index (κ3) is 4.36. The van der Waals surface area contributed by atoms with Crippen molar-refractivity contribution >= 4 is 33.6 Å². The van der Waals surface area contributed by atoms with E-state index in [1.807, 2.05) is 65.1 Å². The van der Waals surface area contributed by atoms with Crippen LogP contribution in [0.25, 0.3) is 27.6 Å². The number of allylic oxidation sites excluding steroid dienone is 1. The average Bonchev–Trinajstić information content (AvgIpc) is 3.41. The van der Waals surface area contributed by atoms with Crippen LogP contribution in [0.1, 0.15) is 12.8 Å². The summed E-state index contributed by atoms with van der Waals surface area (Å²) in [6.45, 7) is 6.07. The predicted molar refractivity (Wildman–Crippen MR) is 144 cm³/mol. The van der Waals surface area contributed by atoms with E-state index in [4.69, 9.17) is 9.72 Å². The van der Waals surface area contributed by atoms with Gasteiger partial charge in [0.1, 0.15) is 17.2 Å². The summed E-state index contributed by atoms with van der Waals surface area (Å²) in [4.78, 5) is 22.5. The maximum Gasteiger partial charge on any atom is 0.278 e. The number of aromatic nitrogens is 6. The Hall–Kier alpha value is -4.44. The summed E-state index contributed by atoms with van der Waals surface area (Å²) in [5.41, 5.74) is 2.97. The minimum atomic E-state index is -0.178. The van der Waals surface area contributed by atoms with Crippen molar-refractivity contribution in [3.05, 3.63) is 77.9 Å². The van der Waals surface area contributed by atoms with Gasteiger partial charge in [-0.05, 0) is 56.3 Å². The standard InChI is InChI=1S/C27H28N8O2/c1-3-13-34-26(36)23-17-29-27(31-19-7-8-24-18(14-19)16-30-33(24)2)32-25(23)35(34)20-5-4-6-22(15-20)37-21-9-11-28-12-10-21/h3-8,14-17,21,28H,1,9-13H2,2H3,(H,29,31,32). The molecular formula is C27H28N8O2. The molecule has 1 fully saturated rings. The first-order chi connectivity index (χ1) is 18.1. The molecular weight excluding hydrogens is 468 g/mol. The van der Waals surface area contributed by atoms with Crippen molar-refractivity contribution in [1.82, 2.24) is 34.4 Å². The fraction of sp³-hybridized carbons (Fsp3) is 0.259. The van der Waals surface area contributed by atoms with Crippen molar-refractivity contribution < 1.29 is 4.74 Å². The van der Waals surface area contributed by atoms with Gasteiger partial charge in [-0.15, -0.1) is 6.58 Å². The quantitative estimate of drug-likeness (QED) is 0.332. The normalized spacial score (nSPS) is 14.3. The number of nitrogens with one attached hydrogen (secondary N) is 2. The molecule has 0 amide bonds. The van der Waals surface area contributed by atoms with Crippen LogP contribution in [0, 0.1) is 0 Å². The van der Waals surface area contributed by atoms with Gasteiger partial charge in [0, 0.05) is 30.4 Å². The zero-order valence-electron chi connectivity index (χ0n) is 20.6. The Bertz CT molecular complexity index is 1660. The molecule has 4 heterocycles. The Kier molecular flexibility index (Phi) is 5.93. The first-order valence-electron chi connectivity index (χ1n) is 12.4. The topological polar surface area (TPSA) is 104 Å². The lowest BCUT2D eigenvalue weighted by Gasteiger charge is -2.24. The van der Waals surface area contributed by atoms with Gasteiger partial charge in [-0.1, -0.05) is 12.1 Å². The zero-order chi connectivity index (χ0) is 25.4. The Labute approximate surface area is 213 Å². The number of benzene rings is 2. The number of anilines is 2. The molecule has 188 valence electrons. The molecule has 1 saturated heterocycles. The van der Waals surface area contributed by atoms with Crippen LogP contribution in [0.3, 0.4) is 0 Å². The van der Waals surface area contributed by atoms with E-state index in [9.17, 15) is 4.79 Å². The highest BCUT2D eigenvalue weighted by Gasteiger charge is 2.19. The van der Waals surface area contributed by atoms with Gasteiger partial charge in [0.15, 0.2) is 5.65 Å². The lowest BCUT2D eigenvalue weighted by molar-refractivity contribution is 0.162. The zero-order valence-corrected chi connectivity index (χ0v) is 20.6. The van der Waals surface area contributed by atoms with E-state index in [-0.39, 0.29) is 11.7 Å². The van der Waals surface area contributed by atoms with Crippen molar-refractivity contribution in [2.45, 2.75) is 25.5 Å². The number of aryl methyl sites for hydroxylation is 1. The van der Waals surface area contributed by atoms with Crippen LogP contribution in [0.5, 0.6) is 5.75 Å². The fourth-order valence-electron chi connectivity index (χ4n) is 4.80. The summed E-state index contributed by atoms with van der Waals surface area (Å²) in [6.07, 6.45) is 7.18. The summed E-state index contributed by atoms with van der Waals surface area (Å²) in [5.74, 6) is 1.16. The van der Waals surface area contributed by atoms with Crippen molar-refractivity contribution in [2.24, 2.45) is 7.05 Å². The van der Waals surface area contributed by atoms with Crippen LogP contribution >= 0.6 is 0 Å². The van der Waals surface area contributed by atoms with Gasteiger partial charge in [-0.25, -0.2) is 14.3 Å². The third-order valence-electron chi connectivity index (χ3n) is 6.63. The minimum absolute atomic E-state index is 0.170. The number of rotatable bonds is 7. The number of fused-ring (bicyclic) bond motifs is 2. The number of piperidine rings is 1. The molecule has 0 bridgehead atoms. The van der Waals surface area contributed by atoms with E-state index in [1.54, 1.807) is 17.0 Å². The first kappa shape index (κ1) is 23.0. The molecule has 0 aliphatic carbocycles. The Morgan fingerprint density at radius 1 is 1.19 bits per heavy atom. The van der Waals surface area contributed by atoms with Crippen molar-refractivity contribution in [1.29, 1.82) is 0 Å². The molecule has 0 saturated carbocycles. The van der Waals surface area contributed by atoms with Crippen molar-refractivity contribution in [3.63, 3.8) is 0 Å². The van der Waals surface area contributed by atoms with Gasteiger partial charge < -0.3 is 15.4 Å². The van der Waals surface area contributed by atoms with Crippen molar-refractivity contribution in [3.8, 4) is 11.4 Å². The summed E-state index contributed by atoms with van der Waals surface area (Å²) in [5, 5.41) is 12.4. The molecule has 1 aliphatic rings. The van der Waals surface area contributed by atoms with Gasteiger partial charge in [0.05, 0.1) is 23.9 Å². The molecule has 5 aromatic rings. The highest BCUT2D eigenvalue weighted by molar-refractivity contribution is 5.83. The molecule has 0 unspecified atom stereocenters. The molecule has 2 N–H and O–H groups in total. The fourth-order valence-corrected chi connectivity index (χ4v) is 4.80. The van der Waals surface area contributed by atoms with Crippen LogP contribution in [0.2, 0.25) is 0 Å². The number of nitrogens with zero attached hydrogens (tertiary/aromatic N) is 6. The van der Waals surface area contributed by atoms with Crippen LogP contribution in [0.15, 0.2) is 72.3 Å². The number of hydrogen-bond acceptors (Lipinski definition) is 7. The second-order valence-electron chi connectivity index (χ2n) is 9.15. The Morgan fingerprint density at radius 3 is 2.89 bits per heavy atom. The van der Waals surface area contributed by atoms with Crippen LogP contribution in [-0.2, 0) is 13.6 Å². The molecule has 1 aliphatic heterocycles. The average molecular weight is 497 g/mol. The molecule has 10 heteroatoms. The van der Waals surface area contributed by atoms with E-state index in [1.165, 1.54) is 0 Å². The number of hydrogen-bond donors (Lipinski definition) is 2. The Balaban J connectivity index is 1.40. The molecule has 0 radical (unpaired) electrons. The second-order valence-corrected chi connectivity index (χ2v) is 9.15. The predicted octanol–water partition coefficient (Wildman–Crippen LogP) is 3.53. The van der Waals surface area contributed by atoms with Crippen LogP contribution in [-0.4, -0.2) is 48.3 Å². The maximum atomic E-state index is 13.3. The van der Waals surface area contributed by atoms with E-state index in [0.29, 0.717) is 23.5 Å². The molecule has 3 aromatic heterocycles. The molecule has 2 aromatic carbocycles. The van der Waals surface area contributed by atoms with Crippen molar-refractivity contribution in [2.75, 3.05) is 18.4 Å². The summed E-state index contributed by atoms with van der Waals surface area (Å²) in [6, 6.07) is 13.7. The van der Waals surface area contributed by atoms with E-state index in [0.717, 1.165) is 54.0 Å². The lowest BCUT2D eigenvalue weighted by atomic mass is 10.1. The number of ether oxygens (including phenoxy) is 1. The third-order valence-corrected chi connectivity index (χ3v) is 6.63. The first-order valence-corrected chi connectivity index (χ1v) is 12.4. The van der Waals surface area contributed by atoms with E-state index >= 15 is 0 Å². The monoisotopic (exact) mass is 496 g/mol. The highest BCUT2D eigenvalue weighted by Crippen LogP contribution is 2.25. The lowest BCUT2D eigenvalue weighted by Crippen LogP contribution is -2.34. The van der Waals surface area contributed by atoms with E-state index < -0.39 is 0 Å². The van der Waals surface area contributed by atoms with Crippen LogP contribution in [0.4, 0.5) is 11.6 Å². The van der Waals surface area contributed by atoms with Gasteiger partial charge in [-0.3, -0.25) is 9.48 Å². The van der Waals surface area contributed by atoms with Gasteiger partial charge in [0.25, 0.3) is 5.56 Å². The largest absolute Gasteiger partial charge is 0.490 e. The van der Waals surface area contributed by atoms with Gasteiger partial charge in [-0.2, -0.15) is 10.1 Å². The highest BCUT2D eigenvalue weighted by atomic mass is 16.5. The van der Waals surface area contributed by atoms with Gasteiger partial charge in [0.2, 0.25) is 5.95 Å². The molecule has 37 heavy (non-hydrogen) atoms. The molecule has 0 spiro atoms. The summed E-state index contributed by atoms with van der Waals surface area (Å²) in [7, 11) is 1.91. The van der Waals surface area contributed by atoms with Gasteiger partial charge >= 0.3 is 0 Å². The smallest absolute Gasteiger partial charge is 0.278 e. The molecule has 10 nitrogen and oxygen atoms in total. The second kappa shape index (κ2) is 9.55. The Morgan fingerprint density at radius 2 is 2.05 bits per heavy atom. The molecule has 6 rings (SSSR count). The van der Waals surface area contributed by atoms with E-state index in [2.05, 4.69) is 27.3 Å². The SMILES string of the molecule is C=CCn1c(=O)c2cnc(Nc3ccc4c(cnn4C)c3)nc2n1-c1cccc(OC2CCNCC2)c1. The summed E-state index contributed by atoms with van der Waals surface area (Å²) < 4.78 is 11.5.